The Morgan fingerprint density at radius 2 is 1.74 bits per heavy atom. The zero-order valence-corrected chi connectivity index (χ0v) is 23.5. The van der Waals surface area contributed by atoms with Crippen molar-refractivity contribution in [3.63, 3.8) is 0 Å². The second-order valence-corrected chi connectivity index (χ2v) is 11.9. The number of urea groups is 1. The maximum atomic E-state index is 14.8. The molecule has 1 saturated carbocycles. The number of anilines is 2. The zero-order valence-electron chi connectivity index (χ0n) is 23.5. The van der Waals surface area contributed by atoms with Gasteiger partial charge in [0.1, 0.15) is 11.6 Å². The number of fused-ring (bicyclic) bond motifs is 1. The maximum Gasteiger partial charge on any atom is 0.436 e. The highest BCUT2D eigenvalue weighted by Gasteiger charge is 2.53. The lowest BCUT2D eigenvalue weighted by Gasteiger charge is -2.50. The van der Waals surface area contributed by atoms with Gasteiger partial charge >= 0.3 is 12.1 Å². The molecule has 2 N–H and O–H groups in total. The average Bonchev–Trinajstić information content (AvgIpc) is 3.26. The fourth-order valence-electron chi connectivity index (χ4n) is 5.53. The normalized spacial score (nSPS) is 17.4. The van der Waals surface area contributed by atoms with Crippen LogP contribution in [0.25, 0.3) is 0 Å². The second kappa shape index (κ2) is 9.39. The molecule has 0 saturated heterocycles. The van der Waals surface area contributed by atoms with E-state index in [1.807, 2.05) is 20.8 Å². The van der Waals surface area contributed by atoms with Gasteiger partial charge in [-0.05, 0) is 64.0 Å². The van der Waals surface area contributed by atoms with E-state index in [0.29, 0.717) is 22.4 Å². The summed E-state index contributed by atoms with van der Waals surface area (Å²) in [4.78, 5) is 41.5. The van der Waals surface area contributed by atoms with Crippen molar-refractivity contribution in [1.29, 1.82) is 0 Å². The van der Waals surface area contributed by atoms with E-state index in [-0.39, 0.29) is 36.0 Å². The highest BCUT2D eigenvalue weighted by Crippen LogP contribution is 2.54. The van der Waals surface area contributed by atoms with E-state index >= 15 is 0 Å². The highest BCUT2D eigenvalue weighted by molar-refractivity contribution is 5.98. The summed E-state index contributed by atoms with van der Waals surface area (Å²) in [5.74, 6) is -0.454. The zero-order chi connectivity index (χ0) is 28.2. The van der Waals surface area contributed by atoms with Crippen LogP contribution in [0.1, 0.15) is 83.2 Å². The molecule has 9 nitrogen and oxygen atoms in total. The van der Waals surface area contributed by atoms with E-state index < -0.39 is 28.9 Å². The van der Waals surface area contributed by atoms with E-state index in [4.69, 9.17) is 4.74 Å². The third-order valence-corrected chi connectivity index (χ3v) is 8.32. The molecule has 1 aliphatic heterocycles. The predicted molar refractivity (Wildman–Crippen MR) is 142 cm³/mol. The number of rotatable bonds is 4. The van der Waals surface area contributed by atoms with E-state index in [2.05, 4.69) is 15.7 Å². The molecule has 1 fully saturated rings. The molecule has 10 heteroatoms. The van der Waals surface area contributed by atoms with Crippen molar-refractivity contribution < 1.29 is 23.5 Å². The van der Waals surface area contributed by atoms with Gasteiger partial charge in [0.05, 0.1) is 35.5 Å². The number of aryl methyl sites for hydroxylation is 2. The maximum absolute atomic E-state index is 14.8. The van der Waals surface area contributed by atoms with Crippen LogP contribution in [0.4, 0.5) is 25.5 Å². The van der Waals surface area contributed by atoms with Crippen LogP contribution in [0.2, 0.25) is 0 Å². The van der Waals surface area contributed by atoms with Crippen molar-refractivity contribution >= 4 is 29.5 Å². The molecule has 2 aliphatic rings. The fraction of sp³-hybridized carbons (Fsp3) is 0.571. The second-order valence-electron chi connectivity index (χ2n) is 11.9. The average molecular weight is 528 g/mol. The van der Waals surface area contributed by atoms with Gasteiger partial charge in [-0.1, -0.05) is 39.3 Å². The van der Waals surface area contributed by atoms with Crippen LogP contribution < -0.4 is 10.6 Å². The molecule has 2 aromatic rings. The largest absolute Gasteiger partial charge is 0.448 e. The first-order valence-corrected chi connectivity index (χ1v) is 13.1. The lowest BCUT2D eigenvalue weighted by Crippen LogP contribution is -2.51. The Kier molecular flexibility index (Phi) is 6.82. The topological polar surface area (TPSA) is 106 Å². The summed E-state index contributed by atoms with van der Waals surface area (Å²) >= 11 is 0. The Bertz CT molecular complexity index is 1300. The van der Waals surface area contributed by atoms with E-state index in [0.717, 1.165) is 23.9 Å². The summed E-state index contributed by atoms with van der Waals surface area (Å²) < 4.78 is 21.1. The summed E-state index contributed by atoms with van der Waals surface area (Å²) in [5, 5.41) is 10.2. The number of nitrogens with one attached hydrogen (secondary N) is 2. The third kappa shape index (κ3) is 4.23. The van der Waals surface area contributed by atoms with Gasteiger partial charge in [-0.25, -0.2) is 14.0 Å². The molecule has 0 spiro atoms. The minimum Gasteiger partial charge on any atom is -0.448 e. The first-order valence-electron chi connectivity index (χ1n) is 13.1. The molecule has 3 amide bonds. The quantitative estimate of drug-likeness (QED) is 0.501. The minimum absolute atomic E-state index is 0.0676. The van der Waals surface area contributed by atoms with Gasteiger partial charge in [0, 0.05) is 5.56 Å². The first kappa shape index (κ1) is 27.6. The lowest BCUT2D eigenvalue weighted by atomic mass is 9.54. The number of carbonyl (C=O) groups is 3. The van der Waals surface area contributed by atoms with Crippen LogP contribution in [0.5, 0.6) is 0 Å². The third-order valence-electron chi connectivity index (χ3n) is 8.32. The van der Waals surface area contributed by atoms with Gasteiger partial charge in [0.25, 0.3) is 0 Å². The molecule has 0 radical (unpaired) electrons. The molecule has 4 rings (SSSR count). The van der Waals surface area contributed by atoms with Crippen molar-refractivity contribution in [2.45, 2.75) is 86.7 Å². The molecule has 206 valence electrons. The Morgan fingerprint density at radius 3 is 2.29 bits per heavy atom. The summed E-state index contributed by atoms with van der Waals surface area (Å²) in [5.41, 5.74) is 0.357. The minimum atomic E-state index is -0.955. The Labute approximate surface area is 223 Å². The van der Waals surface area contributed by atoms with Crippen LogP contribution in [-0.4, -0.2) is 39.3 Å². The number of nitrogens with zero attached hydrogens (tertiary/aromatic N) is 3. The summed E-state index contributed by atoms with van der Waals surface area (Å²) in [6.45, 7) is 15.0. The number of ether oxygens (including phenoxy) is 1. The van der Waals surface area contributed by atoms with Crippen LogP contribution >= 0.6 is 0 Å². The van der Waals surface area contributed by atoms with Crippen LogP contribution in [0.3, 0.4) is 0 Å². The number of aromatic nitrogens is 2. The van der Waals surface area contributed by atoms with Gasteiger partial charge < -0.3 is 20.3 Å². The van der Waals surface area contributed by atoms with Gasteiger partial charge in [0.2, 0.25) is 5.91 Å². The Morgan fingerprint density at radius 1 is 1.11 bits per heavy atom. The smallest absolute Gasteiger partial charge is 0.436 e. The highest BCUT2D eigenvalue weighted by atomic mass is 19.1. The molecule has 1 aliphatic carbocycles. The Balaban J connectivity index is 1.71. The molecule has 0 bridgehead atoms. The predicted octanol–water partition coefficient (Wildman–Crippen LogP) is 6.08. The molecule has 1 aromatic heterocycles. The van der Waals surface area contributed by atoms with E-state index in [1.165, 1.54) is 4.90 Å². The van der Waals surface area contributed by atoms with Crippen molar-refractivity contribution in [1.82, 2.24) is 14.7 Å². The van der Waals surface area contributed by atoms with Gasteiger partial charge in [-0.2, -0.15) is 5.10 Å². The molecule has 1 aromatic carbocycles. The fourth-order valence-corrected chi connectivity index (χ4v) is 5.53. The molecular formula is C28H38FN5O4. The Hall–Kier alpha value is -3.43. The number of hydrogen-bond donors (Lipinski definition) is 2. The van der Waals surface area contributed by atoms with E-state index in [1.54, 1.807) is 46.8 Å². The van der Waals surface area contributed by atoms with Gasteiger partial charge in [0.15, 0.2) is 0 Å². The number of halogens is 1. The molecule has 2 heterocycles. The summed E-state index contributed by atoms with van der Waals surface area (Å²) in [6, 6.07) is 2.90. The number of benzene rings is 1. The molecule has 38 heavy (non-hydrogen) atoms. The van der Waals surface area contributed by atoms with Gasteiger partial charge in [-0.3, -0.25) is 4.79 Å². The van der Waals surface area contributed by atoms with Crippen LogP contribution in [-0.2, 0) is 21.6 Å². The monoisotopic (exact) mass is 527 g/mol. The van der Waals surface area contributed by atoms with Gasteiger partial charge in [-0.15, -0.1) is 4.68 Å². The first-order chi connectivity index (χ1) is 17.7. The SMILES string of the molecule is CCOC(=O)n1nc2c(c1NC(=O)C1(C(C)(C)C)CCC1)CN(C(=O)Nc1c(C)ccc(C)c1F)C2(C)C. The van der Waals surface area contributed by atoms with E-state index in [9.17, 15) is 18.8 Å². The summed E-state index contributed by atoms with van der Waals surface area (Å²) in [6.07, 6.45) is 1.74. The standard InChI is InChI=1S/C28H38FN5O4/c1-9-38-25(37)34-22(31-23(35)28(13-10-14-28)26(4,5)6)18-15-33(27(7,8)21(18)32-34)24(36)30-20-17(3)12-11-16(2)19(20)29/h11-12H,9-10,13-15H2,1-8H3,(H,30,36)(H,31,35). The van der Waals surface area contributed by atoms with Crippen molar-refractivity contribution in [2.24, 2.45) is 10.8 Å². The number of hydrogen-bond acceptors (Lipinski definition) is 5. The van der Waals surface area contributed by atoms with Crippen molar-refractivity contribution in [2.75, 3.05) is 17.2 Å². The number of carbonyl (C=O) groups excluding carboxylic acids is 3. The molecular weight excluding hydrogens is 489 g/mol. The molecule has 0 atom stereocenters. The van der Waals surface area contributed by atoms with Crippen LogP contribution in [0.15, 0.2) is 12.1 Å². The number of amides is 3. The van der Waals surface area contributed by atoms with Crippen molar-refractivity contribution in [3.05, 3.63) is 40.3 Å². The van der Waals surface area contributed by atoms with Crippen LogP contribution in [0, 0.1) is 30.5 Å². The lowest BCUT2D eigenvalue weighted by molar-refractivity contribution is -0.139. The molecule has 0 unspecified atom stereocenters. The van der Waals surface area contributed by atoms with Crippen molar-refractivity contribution in [3.8, 4) is 0 Å². The summed E-state index contributed by atoms with van der Waals surface area (Å²) in [7, 11) is 0.